The van der Waals surface area contributed by atoms with Crippen LogP contribution in [0.5, 0.6) is 0 Å². The summed E-state index contributed by atoms with van der Waals surface area (Å²) in [6.45, 7) is 1.04. The predicted octanol–water partition coefficient (Wildman–Crippen LogP) is 5.64. The van der Waals surface area contributed by atoms with E-state index in [0.717, 1.165) is 0 Å². The zero-order valence-electron chi connectivity index (χ0n) is 29.4. The highest BCUT2D eigenvalue weighted by Crippen LogP contribution is 2.37. The summed E-state index contributed by atoms with van der Waals surface area (Å²) < 4.78 is 67.8. The molecule has 1 aliphatic carbocycles. The van der Waals surface area contributed by atoms with Crippen molar-refractivity contribution in [3.8, 4) is 29.0 Å². The Morgan fingerprint density at radius 2 is 1.89 bits per heavy atom. The van der Waals surface area contributed by atoms with Crippen molar-refractivity contribution in [2.45, 2.75) is 56.6 Å². The Morgan fingerprint density at radius 1 is 1.15 bits per heavy atom. The number of aromatic nitrogens is 4. The van der Waals surface area contributed by atoms with Gasteiger partial charge in [0.1, 0.15) is 23.3 Å². The summed E-state index contributed by atoms with van der Waals surface area (Å²) in [5, 5.41) is 11.8. The van der Waals surface area contributed by atoms with Gasteiger partial charge in [0.15, 0.2) is 0 Å². The Hall–Kier alpha value is -5.07. The number of nitrogens with one attached hydrogen (secondary N) is 1. The fourth-order valence-corrected chi connectivity index (χ4v) is 9.27. The molecule has 2 fully saturated rings. The molecule has 1 saturated carbocycles. The molecule has 5 aromatic rings. The van der Waals surface area contributed by atoms with Crippen LogP contribution in [0.2, 0.25) is 5.02 Å². The molecule has 1 amide bonds. The maximum absolute atomic E-state index is 14.0. The minimum absolute atomic E-state index is 0.0211. The van der Waals surface area contributed by atoms with E-state index in [9.17, 15) is 36.4 Å². The number of nitriles is 1. The van der Waals surface area contributed by atoms with Gasteiger partial charge in [-0.15, -0.1) is 11.3 Å². The maximum Gasteiger partial charge on any atom is 0.401 e. The molecular formula is C37H32ClF3N8O4S2. The van der Waals surface area contributed by atoms with Crippen LogP contribution in [0.1, 0.15) is 53.0 Å². The summed E-state index contributed by atoms with van der Waals surface area (Å²) in [7, 11) is -2.05. The number of halogens is 4. The van der Waals surface area contributed by atoms with E-state index in [2.05, 4.69) is 37.6 Å². The number of fused-ring (bicyclic) bond motifs is 2. The van der Waals surface area contributed by atoms with Crippen molar-refractivity contribution >= 4 is 65.8 Å². The number of anilines is 1. The van der Waals surface area contributed by atoms with Gasteiger partial charge in [0.05, 0.1) is 51.2 Å². The maximum atomic E-state index is 14.0. The van der Waals surface area contributed by atoms with Gasteiger partial charge >= 0.3 is 6.18 Å². The third kappa shape index (κ3) is 7.88. The highest BCUT2D eigenvalue weighted by Gasteiger charge is 2.37. The third-order valence-electron chi connectivity index (χ3n) is 9.75. The number of sulfonamides is 1. The lowest BCUT2D eigenvalue weighted by molar-refractivity contribution is -0.147. The molecule has 55 heavy (non-hydrogen) atoms. The van der Waals surface area contributed by atoms with E-state index in [4.69, 9.17) is 11.6 Å². The summed E-state index contributed by atoms with van der Waals surface area (Å²) in [5.41, 5.74) is 2.07. The molecule has 0 unspecified atom stereocenters. The summed E-state index contributed by atoms with van der Waals surface area (Å²) >= 11 is 7.66. The van der Waals surface area contributed by atoms with Crippen LogP contribution in [-0.4, -0.2) is 82.9 Å². The van der Waals surface area contributed by atoms with Crippen LogP contribution in [0, 0.1) is 30.1 Å². The zero-order valence-corrected chi connectivity index (χ0v) is 31.8. The Balaban J connectivity index is 1.18. The highest BCUT2D eigenvalue weighted by molar-refractivity contribution is 7.91. The number of rotatable bonds is 8. The van der Waals surface area contributed by atoms with Gasteiger partial charge in [-0.25, -0.2) is 23.1 Å². The normalized spacial score (nSPS) is 15.4. The second-order valence-corrected chi connectivity index (χ2v) is 16.7. The number of carbonyl (C=O) groups excluding carboxylic acids is 1. The number of thiophene rings is 1. The quantitative estimate of drug-likeness (QED) is 0.195. The summed E-state index contributed by atoms with van der Waals surface area (Å²) in [6.07, 6.45) is 0.526. The standard InChI is InChI=1S/C37H32ClF3N8O4S2/c1-21-45-30-18-44-34(47(2)24-10-14-48(15-11-24)20-37(39,40)41)28(17-42)31(30)36(51)49(21)13-3-4-22-5-6-23(38)16-27(22)26-9-12-43-32-29(19-54-33(26)32)35(50)46-55(52,53)25-7-8-25/h5-6,9,12,16,18-19,24-25H,7-8,10-11,13-15,20H2,1-2H3,(H,46,50). The molecule has 18 heteroatoms. The number of hydrogen-bond donors (Lipinski definition) is 1. The van der Waals surface area contributed by atoms with E-state index in [1.807, 2.05) is 0 Å². The van der Waals surface area contributed by atoms with Crippen LogP contribution in [0.25, 0.3) is 32.2 Å². The van der Waals surface area contributed by atoms with Crippen LogP contribution in [-0.2, 0) is 16.6 Å². The van der Waals surface area contributed by atoms with Gasteiger partial charge < -0.3 is 4.90 Å². The molecule has 0 atom stereocenters. The molecule has 1 aromatic carbocycles. The number of carbonyl (C=O) groups is 1. The molecule has 0 spiro atoms. The third-order valence-corrected chi connectivity index (χ3v) is 12.8. The zero-order chi connectivity index (χ0) is 39.2. The topological polar surface area (TPSA) is 154 Å². The van der Waals surface area contributed by atoms with E-state index in [1.54, 1.807) is 48.5 Å². The van der Waals surface area contributed by atoms with Gasteiger partial charge in [-0.3, -0.25) is 24.0 Å². The van der Waals surface area contributed by atoms with Gasteiger partial charge in [0.2, 0.25) is 10.0 Å². The number of likely N-dealkylation sites (tertiary alicyclic amines) is 1. The van der Waals surface area contributed by atoms with Crippen molar-refractivity contribution in [2.24, 2.45) is 0 Å². The van der Waals surface area contributed by atoms with Crippen LogP contribution >= 0.6 is 22.9 Å². The molecule has 2 aliphatic rings. The number of alkyl halides is 3. The lowest BCUT2D eigenvalue weighted by Crippen LogP contribution is -2.46. The van der Waals surface area contributed by atoms with E-state index >= 15 is 0 Å². The summed E-state index contributed by atoms with van der Waals surface area (Å²) in [6, 6.07) is 8.79. The number of benzene rings is 1. The van der Waals surface area contributed by atoms with Crippen molar-refractivity contribution in [3.63, 3.8) is 0 Å². The molecule has 1 saturated heterocycles. The number of amides is 1. The van der Waals surface area contributed by atoms with Gasteiger partial charge in [0.25, 0.3) is 11.5 Å². The van der Waals surface area contributed by atoms with Crippen LogP contribution in [0.15, 0.2) is 46.8 Å². The molecule has 1 aliphatic heterocycles. The monoisotopic (exact) mass is 808 g/mol. The van der Waals surface area contributed by atoms with Gasteiger partial charge in [-0.05, 0) is 56.9 Å². The first-order chi connectivity index (χ1) is 26.1. The summed E-state index contributed by atoms with van der Waals surface area (Å²) in [4.78, 5) is 43.5. The highest BCUT2D eigenvalue weighted by atomic mass is 35.5. The van der Waals surface area contributed by atoms with Crippen molar-refractivity contribution in [3.05, 3.63) is 79.9 Å². The first-order valence-electron chi connectivity index (χ1n) is 17.2. The van der Waals surface area contributed by atoms with Gasteiger partial charge in [-0.1, -0.05) is 23.4 Å². The fraction of sp³-hybridized carbons (Fsp3) is 0.351. The van der Waals surface area contributed by atoms with Crippen molar-refractivity contribution in [2.75, 3.05) is 31.6 Å². The van der Waals surface area contributed by atoms with E-state index in [0.29, 0.717) is 63.4 Å². The van der Waals surface area contributed by atoms with Crippen LogP contribution in [0.4, 0.5) is 19.0 Å². The number of aryl methyl sites for hydroxylation is 1. The number of hydrogen-bond acceptors (Lipinski definition) is 11. The molecule has 1 N–H and O–H groups in total. The average Bonchev–Trinajstić information content (AvgIpc) is 3.92. The van der Waals surface area contributed by atoms with E-state index < -0.39 is 39.5 Å². The molecule has 7 rings (SSSR count). The first-order valence-corrected chi connectivity index (χ1v) is 20.0. The molecule has 4 aromatic heterocycles. The predicted molar refractivity (Wildman–Crippen MR) is 204 cm³/mol. The van der Waals surface area contributed by atoms with Crippen molar-refractivity contribution in [1.29, 1.82) is 5.26 Å². The Kier molecular flexibility index (Phi) is 10.3. The van der Waals surface area contributed by atoms with Gasteiger partial charge in [0, 0.05) is 59.5 Å². The van der Waals surface area contributed by atoms with Crippen molar-refractivity contribution in [1.82, 2.24) is 29.1 Å². The molecule has 0 bridgehead atoms. The minimum Gasteiger partial charge on any atom is -0.355 e. The number of piperidine rings is 1. The SMILES string of the molecule is Cc1nc2cnc(N(C)C3CCN(CC(F)(F)F)CC3)c(C#N)c2c(=O)n1CC#Cc1ccc(Cl)cc1-c1ccnc2c(C(=O)NS(=O)(=O)C3CC3)csc12. The van der Waals surface area contributed by atoms with Gasteiger partial charge in [-0.2, -0.15) is 18.4 Å². The summed E-state index contributed by atoms with van der Waals surface area (Å²) in [5.74, 6) is 6.01. The Labute approximate surface area is 322 Å². The molecule has 0 radical (unpaired) electrons. The lowest BCUT2D eigenvalue weighted by Gasteiger charge is -2.37. The smallest absolute Gasteiger partial charge is 0.355 e. The average molecular weight is 809 g/mol. The van der Waals surface area contributed by atoms with E-state index in [1.165, 1.54) is 33.2 Å². The molecular weight excluding hydrogens is 777 g/mol. The first kappa shape index (κ1) is 38.2. The Morgan fingerprint density at radius 3 is 2.58 bits per heavy atom. The Bertz CT molecular complexity index is 2630. The fourth-order valence-electron chi connectivity index (χ4n) is 6.77. The van der Waals surface area contributed by atoms with Crippen LogP contribution < -0.4 is 15.2 Å². The number of nitrogens with zero attached hydrogens (tertiary/aromatic N) is 7. The lowest BCUT2D eigenvalue weighted by atomic mass is 10.00. The second kappa shape index (κ2) is 14.9. The number of pyridine rings is 2. The molecule has 284 valence electrons. The molecule has 12 nitrogen and oxygen atoms in total. The minimum atomic E-state index is -4.29. The molecule has 5 heterocycles. The van der Waals surface area contributed by atoms with E-state index in [-0.39, 0.29) is 53.5 Å². The van der Waals surface area contributed by atoms with Crippen LogP contribution in [0.3, 0.4) is 0 Å². The largest absolute Gasteiger partial charge is 0.401 e. The second-order valence-electron chi connectivity index (χ2n) is 13.5. The van der Waals surface area contributed by atoms with Crippen molar-refractivity contribution < 1.29 is 26.4 Å².